The number of hydrogen-bond donors (Lipinski definition) is 1. The van der Waals surface area contributed by atoms with Crippen molar-refractivity contribution in [2.45, 2.75) is 25.7 Å². The van der Waals surface area contributed by atoms with E-state index in [1.807, 2.05) is 30.5 Å². The summed E-state index contributed by atoms with van der Waals surface area (Å²) in [6, 6.07) is 7.49. The summed E-state index contributed by atoms with van der Waals surface area (Å²) >= 11 is 0. The van der Waals surface area contributed by atoms with Gasteiger partial charge in [0, 0.05) is 23.4 Å². The zero-order chi connectivity index (χ0) is 13.8. The first-order valence-electron chi connectivity index (χ1n) is 7.07. The molecule has 112 valence electrons. The molecule has 1 saturated carbocycles. The molecule has 1 N–H and O–H groups in total. The van der Waals surface area contributed by atoms with Crippen LogP contribution in [0.1, 0.15) is 35.3 Å². The van der Waals surface area contributed by atoms with E-state index < -0.39 is 0 Å². The van der Waals surface area contributed by atoms with Crippen molar-refractivity contribution < 1.29 is 21.9 Å². The second-order valence-electron chi connectivity index (χ2n) is 5.19. The summed E-state index contributed by atoms with van der Waals surface area (Å²) in [6.07, 6.45) is 7.47. The van der Waals surface area contributed by atoms with Crippen LogP contribution in [0.3, 0.4) is 0 Å². The lowest BCUT2D eigenvalue weighted by Gasteiger charge is -2.06. The second kappa shape index (κ2) is 7.27. The molecule has 5 heteroatoms. The minimum Gasteiger partial charge on any atom is -1.00 e. The summed E-state index contributed by atoms with van der Waals surface area (Å²) in [5, 5.41) is 0. The zero-order valence-electron chi connectivity index (χ0n) is 11.7. The Morgan fingerprint density at radius 1 is 1.29 bits per heavy atom. The Balaban J connectivity index is 0.00000161. The number of carbonyl (C=O) groups excluding carboxylic acids is 1. The van der Waals surface area contributed by atoms with Crippen molar-refractivity contribution >= 4 is 5.78 Å². The highest BCUT2D eigenvalue weighted by molar-refractivity contribution is 5.99. The standard InChI is InChI=1S/C16H18N2O2.ClH/c19-16(12-3-4-12)13-5-7-15(8-6-13)20-9-1-2-14-10-17-11-18-14;/h5-8,10-12H,1-4,9H2,(H,17,18);1H/p-1. The van der Waals surface area contributed by atoms with E-state index in [0.717, 1.165) is 42.7 Å². The van der Waals surface area contributed by atoms with Gasteiger partial charge in [-0.15, -0.1) is 0 Å². The van der Waals surface area contributed by atoms with Gasteiger partial charge >= 0.3 is 0 Å². The van der Waals surface area contributed by atoms with E-state index >= 15 is 0 Å². The molecule has 1 heterocycles. The van der Waals surface area contributed by atoms with Gasteiger partial charge in [-0.2, -0.15) is 0 Å². The van der Waals surface area contributed by atoms with Gasteiger partial charge in [0.2, 0.25) is 0 Å². The number of halogens is 1. The van der Waals surface area contributed by atoms with Crippen LogP contribution in [0, 0.1) is 5.92 Å². The molecule has 0 spiro atoms. The first-order valence-corrected chi connectivity index (χ1v) is 7.07. The molecule has 0 amide bonds. The predicted octanol–water partition coefficient (Wildman–Crippen LogP) is 0.0180. The number of Topliss-reactive ketones (excluding diaryl/α,β-unsaturated/α-hetero) is 1. The van der Waals surface area contributed by atoms with E-state index in [2.05, 4.69) is 9.97 Å². The fourth-order valence-electron chi connectivity index (χ4n) is 2.17. The fourth-order valence-corrected chi connectivity index (χ4v) is 2.17. The molecular formula is C16H18ClN2O2-. The number of rotatable bonds is 7. The van der Waals surface area contributed by atoms with Gasteiger partial charge in [0.15, 0.2) is 5.78 Å². The Labute approximate surface area is 130 Å². The first kappa shape index (κ1) is 15.6. The third-order valence-electron chi connectivity index (χ3n) is 3.50. The molecule has 21 heavy (non-hydrogen) atoms. The third-order valence-corrected chi connectivity index (χ3v) is 3.50. The van der Waals surface area contributed by atoms with Crippen molar-refractivity contribution in [2.75, 3.05) is 6.61 Å². The van der Waals surface area contributed by atoms with Gasteiger partial charge in [-0.3, -0.25) is 4.79 Å². The van der Waals surface area contributed by atoms with Crippen LogP contribution >= 0.6 is 0 Å². The summed E-state index contributed by atoms with van der Waals surface area (Å²) in [7, 11) is 0. The summed E-state index contributed by atoms with van der Waals surface area (Å²) in [5.74, 6) is 1.37. The first-order chi connectivity index (χ1) is 9.83. The highest BCUT2D eigenvalue weighted by Crippen LogP contribution is 2.32. The molecule has 1 fully saturated rings. The predicted molar refractivity (Wildman–Crippen MR) is 75.9 cm³/mol. The van der Waals surface area contributed by atoms with Crippen LogP contribution in [0.15, 0.2) is 36.8 Å². The van der Waals surface area contributed by atoms with Gasteiger partial charge in [-0.05, 0) is 49.9 Å². The van der Waals surface area contributed by atoms with Crippen LogP contribution in [0.5, 0.6) is 5.75 Å². The molecule has 0 aliphatic heterocycles. The highest BCUT2D eigenvalue weighted by atomic mass is 35.5. The number of aromatic nitrogens is 2. The summed E-state index contributed by atoms with van der Waals surface area (Å²) in [4.78, 5) is 18.9. The van der Waals surface area contributed by atoms with Crippen LogP contribution < -0.4 is 17.1 Å². The summed E-state index contributed by atoms with van der Waals surface area (Å²) in [6.45, 7) is 0.662. The number of ether oxygens (including phenoxy) is 1. The maximum absolute atomic E-state index is 11.9. The molecular weight excluding hydrogens is 288 g/mol. The zero-order valence-corrected chi connectivity index (χ0v) is 12.5. The number of aryl methyl sites for hydroxylation is 1. The SMILES string of the molecule is O=C(c1ccc(OCCCc2cnc[nH]2)cc1)C1CC1.[Cl-]. The van der Waals surface area contributed by atoms with Gasteiger partial charge in [-0.25, -0.2) is 4.98 Å². The normalized spacial score (nSPS) is 13.5. The van der Waals surface area contributed by atoms with Crippen molar-refractivity contribution in [1.82, 2.24) is 9.97 Å². The lowest BCUT2D eigenvalue weighted by molar-refractivity contribution is -0.0000124. The summed E-state index contributed by atoms with van der Waals surface area (Å²) < 4.78 is 5.67. The van der Waals surface area contributed by atoms with Crippen LogP contribution in [-0.2, 0) is 6.42 Å². The number of nitrogens with one attached hydrogen (secondary N) is 1. The molecule has 2 aromatic rings. The topological polar surface area (TPSA) is 55.0 Å². The number of aromatic amines is 1. The maximum atomic E-state index is 11.9. The quantitative estimate of drug-likeness (QED) is 0.579. The van der Waals surface area contributed by atoms with Gasteiger partial charge in [-0.1, -0.05) is 0 Å². The van der Waals surface area contributed by atoms with Crippen molar-refractivity contribution in [3.63, 3.8) is 0 Å². The number of H-pyrrole nitrogens is 1. The monoisotopic (exact) mass is 305 g/mol. The molecule has 4 nitrogen and oxygen atoms in total. The van der Waals surface area contributed by atoms with Crippen molar-refractivity contribution in [3.05, 3.63) is 48.0 Å². The van der Waals surface area contributed by atoms with E-state index in [4.69, 9.17) is 4.74 Å². The van der Waals surface area contributed by atoms with E-state index in [1.54, 1.807) is 6.33 Å². The number of nitrogens with zero attached hydrogens (tertiary/aromatic N) is 1. The van der Waals surface area contributed by atoms with Crippen LogP contribution in [0.2, 0.25) is 0 Å². The molecule has 0 unspecified atom stereocenters. The van der Waals surface area contributed by atoms with E-state index in [0.29, 0.717) is 6.61 Å². The minimum absolute atomic E-state index is 0. The Morgan fingerprint density at radius 2 is 2.05 bits per heavy atom. The van der Waals surface area contributed by atoms with E-state index in [1.165, 1.54) is 0 Å². The molecule has 3 rings (SSSR count). The fraction of sp³-hybridized carbons (Fsp3) is 0.375. The average molecular weight is 306 g/mol. The summed E-state index contributed by atoms with van der Waals surface area (Å²) in [5.41, 5.74) is 1.93. The van der Waals surface area contributed by atoms with Crippen molar-refractivity contribution in [1.29, 1.82) is 0 Å². The average Bonchev–Trinajstić information content (AvgIpc) is 3.21. The van der Waals surface area contributed by atoms with Crippen molar-refractivity contribution in [3.8, 4) is 5.75 Å². The molecule has 0 bridgehead atoms. The Bertz CT molecular complexity index is 562. The molecule has 0 radical (unpaired) electrons. The van der Waals surface area contributed by atoms with Crippen LogP contribution in [0.4, 0.5) is 0 Å². The third kappa shape index (κ3) is 4.33. The Kier molecular flexibility index (Phi) is 5.39. The Morgan fingerprint density at radius 3 is 2.67 bits per heavy atom. The van der Waals surface area contributed by atoms with E-state index in [-0.39, 0.29) is 24.1 Å². The maximum Gasteiger partial charge on any atom is 0.165 e. The molecule has 1 aromatic heterocycles. The van der Waals surface area contributed by atoms with Crippen molar-refractivity contribution in [2.24, 2.45) is 5.92 Å². The lowest BCUT2D eigenvalue weighted by Crippen LogP contribution is -3.00. The smallest absolute Gasteiger partial charge is 0.165 e. The van der Waals surface area contributed by atoms with Gasteiger partial charge in [0.05, 0.1) is 12.9 Å². The van der Waals surface area contributed by atoms with Crippen LogP contribution in [-0.4, -0.2) is 22.4 Å². The van der Waals surface area contributed by atoms with Gasteiger partial charge in [0.25, 0.3) is 0 Å². The number of imidazole rings is 1. The largest absolute Gasteiger partial charge is 1.00 e. The number of ketones is 1. The molecule has 0 atom stereocenters. The molecule has 1 aliphatic carbocycles. The molecule has 1 aromatic carbocycles. The van der Waals surface area contributed by atoms with E-state index in [9.17, 15) is 4.79 Å². The molecule has 0 saturated heterocycles. The Hall–Kier alpha value is -1.81. The number of carbonyl (C=O) groups is 1. The van der Waals surface area contributed by atoms with Gasteiger partial charge in [0.1, 0.15) is 5.75 Å². The minimum atomic E-state index is 0. The lowest BCUT2D eigenvalue weighted by atomic mass is 10.1. The highest BCUT2D eigenvalue weighted by Gasteiger charge is 2.30. The van der Waals surface area contributed by atoms with Crippen LogP contribution in [0.25, 0.3) is 0 Å². The van der Waals surface area contributed by atoms with Gasteiger partial charge < -0.3 is 22.1 Å². The number of hydrogen-bond acceptors (Lipinski definition) is 3. The molecule has 1 aliphatic rings. The second-order valence-corrected chi connectivity index (χ2v) is 5.19. The number of benzene rings is 1.